The van der Waals surface area contributed by atoms with Gasteiger partial charge in [0.25, 0.3) is 0 Å². The lowest BCUT2D eigenvalue weighted by molar-refractivity contribution is 0.128. The smallest absolute Gasteiger partial charge is 0.109 e. The number of likely N-dealkylation sites (tertiary alicyclic amines) is 1. The van der Waals surface area contributed by atoms with Gasteiger partial charge in [-0.1, -0.05) is 26.7 Å². The van der Waals surface area contributed by atoms with Gasteiger partial charge in [0, 0.05) is 6.04 Å². The first kappa shape index (κ1) is 15.8. The van der Waals surface area contributed by atoms with Crippen LogP contribution in [0.2, 0.25) is 0 Å². The van der Waals surface area contributed by atoms with Crippen LogP contribution in [-0.4, -0.2) is 36.1 Å². The molecular formula is C17H31N3. The third kappa shape index (κ3) is 3.35. The monoisotopic (exact) mass is 277 g/mol. The molecule has 3 heteroatoms. The van der Waals surface area contributed by atoms with Crippen LogP contribution in [0.25, 0.3) is 0 Å². The summed E-state index contributed by atoms with van der Waals surface area (Å²) in [5, 5.41) is 13.1. The second kappa shape index (κ2) is 7.43. The largest absolute Gasteiger partial charge is 0.300 e. The quantitative estimate of drug-likeness (QED) is 0.809. The van der Waals surface area contributed by atoms with Gasteiger partial charge in [0.2, 0.25) is 0 Å². The van der Waals surface area contributed by atoms with E-state index in [4.69, 9.17) is 0 Å². The van der Waals surface area contributed by atoms with Gasteiger partial charge in [-0.2, -0.15) is 5.26 Å². The van der Waals surface area contributed by atoms with Gasteiger partial charge in [0.05, 0.1) is 6.07 Å². The molecule has 2 rings (SSSR count). The van der Waals surface area contributed by atoms with Crippen LogP contribution in [-0.2, 0) is 0 Å². The van der Waals surface area contributed by atoms with E-state index < -0.39 is 0 Å². The number of hydrogen-bond acceptors (Lipinski definition) is 3. The molecule has 0 aromatic heterocycles. The normalized spacial score (nSPS) is 35.0. The maximum atomic E-state index is 9.63. The highest BCUT2D eigenvalue weighted by atomic mass is 15.2. The summed E-state index contributed by atoms with van der Waals surface area (Å²) in [6, 6.07) is 3.40. The van der Waals surface area contributed by atoms with E-state index in [0.717, 1.165) is 19.0 Å². The molecule has 1 aliphatic carbocycles. The molecule has 1 saturated heterocycles. The maximum Gasteiger partial charge on any atom is 0.109 e. The fraction of sp³-hybridized carbons (Fsp3) is 0.941. The number of nitrogens with one attached hydrogen (secondary N) is 1. The second-order valence-corrected chi connectivity index (χ2v) is 6.59. The van der Waals surface area contributed by atoms with Crippen LogP contribution >= 0.6 is 0 Å². The minimum Gasteiger partial charge on any atom is -0.300 e. The second-order valence-electron chi connectivity index (χ2n) is 6.59. The molecular weight excluding hydrogens is 246 g/mol. The van der Waals surface area contributed by atoms with Crippen molar-refractivity contribution in [1.29, 1.82) is 5.26 Å². The summed E-state index contributed by atoms with van der Waals surface area (Å²) < 4.78 is 0. The molecule has 0 aromatic carbocycles. The van der Waals surface area contributed by atoms with Crippen molar-refractivity contribution in [3.63, 3.8) is 0 Å². The van der Waals surface area contributed by atoms with E-state index in [9.17, 15) is 5.26 Å². The summed E-state index contributed by atoms with van der Waals surface area (Å²) >= 11 is 0. The lowest BCUT2D eigenvalue weighted by atomic mass is 9.85. The molecule has 1 heterocycles. The van der Waals surface area contributed by atoms with Crippen LogP contribution in [0.15, 0.2) is 0 Å². The Hall–Kier alpha value is -0.590. The summed E-state index contributed by atoms with van der Waals surface area (Å²) in [4.78, 5) is 2.69. The van der Waals surface area contributed by atoms with E-state index in [0.29, 0.717) is 5.92 Å². The van der Waals surface area contributed by atoms with Gasteiger partial charge in [0.1, 0.15) is 5.54 Å². The summed E-state index contributed by atoms with van der Waals surface area (Å²) in [7, 11) is 0. The Morgan fingerprint density at radius 1 is 1.25 bits per heavy atom. The Morgan fingerprint density at radius 3 is 2.80 bits per heavy atom. The molecule has 2 aliphatic rings. The summed E-state index contributed by atoms with van der Waals surface area (Å²) in [5.74, 6) is 0.548. The van der Waals surface area contributed by atoms with E-state index in [-0.39, 0.29) is 5.54 Å². The lowest BCUT2D eigenvalue weighted by Crippen LogP contribution is -2.48. The van der Waals surface area contributed by atoms with Crippen molar-refractivity contribution >= 4 is 0 Å². The predicted octanol–water partition coefficient (Wildman–Crippen LogP) is 3.31. The van der Waals surface area contributed by atoms with Crippen molar-refractivity contribution in [3.8, 4) is 6.07 Å². The molecule has 20 heavy (non-hydrogen) atoms. The molecule has 1 N–H and O–H groups in total. The van der Waals surface area contributed by atoms with Crippen LogP contribution in [0.5, 0.6) is 0 Å². The maximum absolute atomic E-state index is 9.63. The van der Waals surface area contributed by atoms with E-state index >= 15 is 0 Å². The van der Waals surface area contributed by atoms with Gasteiger partial charge in [-0.3, -0.25) is 5.32 Å². The molecule has 1 aliphatic heterocycles. The van der Waals surface area contributed by atoms with Crippen molar-refractivity contribution in [2.24, 2.45) is 5.92 Å². The van der Waals surface area contributed by atoms with Crippen molar-refractivity contribution < 1.29 is 0 Å². The average molecular weight is 277 g/mol. The van der Waals surface area contributed by atoms with Crippen molar-refractivity contribution in [2.45, 2.75) is 76.8 Å². The summed E-state index contributed by atoms with van der Waals surface area (Å²) in [6.45, 7) is 7.80. The topological polar surface area (TPSA) is 39.1 Å². The Balaban J connectivity index is 1.90. The van der Waals surface area contributed by atoms with Crippen molar-refractivity contribution in [3.05, 3.63) is 0 Å². The molecule has 0 aromatic rings. The van der Waals surface area contributed by atoms with Gasteiger partial charge >= 0.3 is 0 Å². The Bertz CT molecular complexity index is 336. The van der Waals surface area contributed by atoms with Gasteiger partial charge in [-0.15, -0.1) is 0 Å². The SMILES string of the molecule is CCNC1(C#N)CCCC1CCN1CCCCC1CC. The van der Waals surface area contributed by atoms with Crippen LogP contribution in [0.3, 0.4) is 0 Å². The van der Waals surface area contributed by atoms with Crippen molar-refractivity contribution in [2.75, 3.05) is 19.6 Å². The van der Waals surface area contributed by atoms with Crippen LogP contribution in [0.1, 0.15) is 65.2 Å². The molecule has 3 nitrogen and oxygen atoms in total. The number of hydrogen-bond donors (Lipinski definition) is 1. The Labute approximate surface area is 124 Å². The highest BCUT2D eigenvalue weighted by Gasteiger charge is 2.42. The Morgan fingerprint density at radius 2 is 2.10 bits per heavy atom. The molecule has 0 amide bonds. The lowest BCUT2D eigenvalue weighted by Gasteiger charge is -2.37. The molecule has 3 unspecified atom stereocenters. The zero-order chi connectivity index (χ0) is 14.4. The van der Waals surface area contributed by atoms with Crippen LogP contribution in [0.4, 0.5) is 0 Å². The number of nitriles is 1. The first-order valence-electron chi connectivity index (χ1n) is 8.66. The molecule has 0 bridgehead atoms. The van der Waals surface area contributed by atoms with Crippen LogP contribution < -0.4 is 5.32 Å². The molecule has 114 valence electrons. The van der Waals surface area contributed by atoms with E-state index in [1.807, 2.05) is 0 Å². The minimum atomic E-state index is -0.230. The molecule has 2 fully saturated rings. The Kier molecular flexibility index (Phi) is 5.86. The highest BCUT2D eigenvalue weighted by molar-refractivity contribution is 5.14. The molecule has 1 saturated carbocycles. The molecule has 0 spiro atoms. The standard InChI is InChI=1S/C17H31N3/c1-3-16-9-5-6-12-20(16)13-10-15-8-7-11-17(15,14-18)19-4-2/h15-16,19H,3-13H2,1-2H3. The molecule has 0 radical (unpaired) electrons. The fourth-order valence-electron chi connectivity index (χ4n) is 4.34. The summed E-state index contributed by atoms with van der Waals surface area (Å²) in [6.07, 6.45) is 10.1. The van der Waals surface area contributed by atoms with E-state index in [1.54, 1.807) is 0 Å². The predicted molar refractivity (Wildman–Crippen MR) is 83.5 cm³/mol. The number of piperidine rings is 1. The van der Waals surface area contributed by atoms with E-state index in [1.165, 1.54) is 58.0 Å². The van der Waals surface area contributed by atoms with Crippen LogP contribution in [0, 0.1) is 17.2 Å². The first-order valence-corrected chi connectivity index (χ1v) is 8.66. The van der Waals surface area contributed by atoms with Gasteiger partial charge < -0.3 is 4.90 Å². The molecule has 3 atom stereocenters. The van der Waals surface area contributed by atoms with Gasteiger partial charge in [0.15, 0.2) is 0 Å². The zero-order valence-electron chi connectivity index (χ0n) is 13.3. The first-order chi connectivity index (χ1) is 9.75. The highest BCUT2D eigenvalue weighted by Crippen LogP contribution is 2.38. The number of nitrogens with zero attached hydrogens (tertiary/aromatic N) is 2. The number of rotatable bonds is 6. The van der Waals surface area contributed by atoms with Gasteiger partial charge in [-0.25, -0.2) is 0 Å². The van der Waals surface area contributed by atoms with Gasteiger partial charge in [-0.05, 0) is 64.1 Å². The van der Waals surface area contributed by atoms with Crippen molar-refractivity contribution in [1.82, 2.24) is 10.2 Å². The van der Waals surface area contributed by atoms with E-state index in [2.05, 4.69) is 30.1 Å². The minimum absolute atomic E-state index is 0.230. The third-order valence-electron chi connectivity index (χ3n) is 5.50. The average Bonchev–Trinajstić information content (AvgIpc) is 2.89. The fourth-order valence-corrected chi connectivity index (χ4v) is 4.34. The third-order valence-corrected chi connectivity index (χ3v) is 5.50. The summed E-state index contributed by atoms with van der Waals surface area (Å²) in [5.41, 5.74) is -0.230. The zero-order valence-corrected chi connectivity index (χ0v) is 13.3.